The molecule has 1 unspecified atom stereocenters. The lowest BCUT2D eigenvalue weighted by molar-refractivity contribution is 0.736. The van der Waals surface area contributed by atoms with Crippen LogP contribution in [0.1, 0.15) is 35.7 Å². The van der Waals surface area contributed by atoms with Gasteiger partial charge in [-0.3, -0.25) is 0 Å². The molecule has 0 saturated carbocycles. The maximum absolute atomic E-state index is 5.74. The zero-order valence-electron chi connectivity index (χ0n) is 10.9. The van der Waals surface area contributed by atoms with Crippen molar-refractivity contribution in [1.29, 1.82) is 0 Å². The summed E-state index contributed by atoms with van der Waals surface area (Å²) in [6, 6.07) is 3.94. The number of thiazole rings is 1. The Kier molecular flexibility index (Phi) is 4.44. The van der Waals surface area contributed by atoms with Gasteiger partial charge in [-0.1, -0.05) is 19.1 Å². The lowest BCUT2D eigenvalue weighted by Gasteiger charge is -2.17. The summed E-state index contributed by atoms with van der Waals surface area (Å²) in [6.45, 7) is 4.05. The molecular formula is C13H16N4S2. The topological polar surface area (TPSA) is 63.8 Å². The number of hydrogen-bond donors (Lipinski definition) is 2. The minimum Gasteiger partial charge on any atom is -0.389 e. The van der Waals surface area contributed by atoms with Gasteiger partial charge >= 0.3 is 0 Å². The Hall–Kier alpha value is -1.53. The Morgan fingerprint density at radius 3 is 2.89 bits per heavy atom. The van der Waals surface area contributed by atoms with Gasteiger partial charge in [0.25, 0.3) is 0 Å². The Balaban J connectivity index is 2.31. The molecule has 4 nitrogen and oxygen atoms in total. The third kappa shape index (κ3) is 3.27. The second-order valence-electron chi connectivity index (χ2n) is 4.19. The number of aryl methyl sites for hydroxylation is 1. The molecule has 2 heterocycles. The van der Waals surface area contributed by atoms with E-state index in [1.807, 2.05) is 30.6 Å². The van der Waals surface area contributed by atoms with Crippen LogP contribution in [0.25, 0.3) is 0 Å². The number of rotatable bonds is 5. The second kappa shape index (κ2) is 6.08. The summed E-state index contributed by atoms with van der Waals surface area (Å²) >= 11 is 6.69. The Morgan fingerprint density at radius 1 is 1.53 bits per heavy atom. The lowest BCUT2D eigenvalue weighted by atomic mass is 10.2. The molecule has 1 atom stereocenters. The standard InChI is InChI=1S/C13H16N4S2/c1-3-10(13-15-6-7-19-13)17-12-9(11(14)18)5-4-8(2)16-12/h4-7,10H,3H2,1-2H3,(H2,14,18)(H,16,17). The van der Waals surface area contributed by atoms with E-state index in [1.54, 1.807) is 11.3 Å². The fourth-order valence-electron chi connectivity index (χ4n) is 1.78. The highest BCUT2D eigenvalue weighted by Crippen LogP contribution is 2.25. The highest BCUT2D eigenvalue weighted by molar-refractivity contribution is 7.80. The van der Waals surface area contributed by atoms with Crippen LogP contribution >= 0.6 is 23.6 Å². The third-order valence-corrected chi connectivity index (χ3v) is 3.88. The predicted molar refractivity (Wildman–Crippen MR) is 83.6 cm³/mol. The number of pyridine rings is 1. The van der Waals surface area contributed by atoms with Crippen molar-refractivity contribution in [1.82, 2.24) is 9.97 Å². The fraction of sp³-hybridized carbons (Fsp3) is 0.308. The first-order valence-corrected chi connectivity index (χ1v) is 7.34. The summed E-state index contributed by atoms with van der Waals surface area (Å²) in [5, 5.41) is 6.40. The summed E-state index contributed by atoms with van der Waals surface area (Å²) in [6.07, 6.45) is 2.72. The molecule has 0 radical (unpaired) electrons. The molecule has 2 aromatic heterocycles. The first kappa shape index (κ1) is 13.9. The Bertz CT molecular complexity index is 566. The number of anilines is 1. The molecule has 2 aromatic rings. The van der Waals surface area contributed by atoms with Crippen molar-refractivity contribution in [2.75, 3.05) is 5.32 Å². The van der Waals surface area contributed by atoms with Gasteiger partial charge in [0, 0.05) is 17.3 Å². The molecule has 0 aliphatic rings. The van der Waals surface area contributed by atoms with Crippen molar-refractivity contribution in [3.8, 4) is 0 Å². The minimum atomic E-state index is 0.127. The zero-order chi connectivity index (χ0) is 13.8. The fourth-order valence-corrected chi connectivity index (χ4v) is 2.71. The third-order valence-electron chi connectivity index (χ3n) is 2.77. The van der Waals surface area contributed by atoms with E-state index < -0.39 is 0 Å². The highest BCUT2D eigenvalue weighted by Gasteiger charge is 2.15. The molecule has 100 valence electrons. The molecule has 0 saturated heterocycles. The van der Waals surface area contributed by atoms with Crippen LogP contribution in [0.2, 0.25) is 0 Å². The van der Waals surface area contributed by atoms with Gasteiger partial charge in [-0.2, -0.15) is 0 Å². The van der Waals surface area contributed by atoms with Crippen LogP contribution < -0.4 is 11.1 Å². The van der Waals surface area contributed by atoms with Crippen molar-refractivity contribution < 1.29 is 0 Å². The van der Waals surface area contributed by atoms with E-state index in [9.17, 15) is 0 Å². The molecule has 0 aromatic carbocycles. The van der Waals surface area contributed by atoms with Crippen molar-refractivity contribution >= 4 is 34.4 Å². The molecule has 6 heteroatoms. The maximum Gasteiger partial charge on any atom is 0.137 e. The van der Waals surface area contributed by atoms with Crippen LogP contribution in [0.3, 0.4) is 0 Å². The first-order valence-electron chi connectivity index (χ1n) is 6.05. The van der Waals surface area contributed by atoms with Crippen LogP contribution in [0, 0.1) is 6.92 Å². The van der Waals surface area contributed by atoms with Gasteiger partial charge in [0.05, 0.1) is 11.6 Å². The number of nitrogens with one attached hydrogen (secondary N) is 1. The largest absolute Gasteiger partial charge is 0.389 e. The van der Waals surface area contributed by atoms with E-state index >= 15 is 0 Å². The summed E-state index contributed by atoms with van der Waals surface area (Å²) in [5.74, 6) is 0.731. The molecule has 0 bridgehead atoms. The van der Waals surface area contributed by atoms with Crippen LogP contribution in [-0.2, 0) is 0 Å². The van der Waals surface area contributed by atoms with Crippen molar-refractivity contribution in [3.05, 3.63) is 40.0 Å². The Labute approximate surface area is 122 Å². The van der Waals surface area contributed by atoms with E-state index in [4.69, 9.17) is 18.0 Å². The molecule has 3 N–H and O–H groups in total. The first-order chi connectivity index (χ1) is 9.11. The average Bonchev–Trinajstić information content (AvgIpc) is 2.89. The van der Waals surface area contributed by atoms with Gasteiger partial charge in [0.15, 0.2) is 0 Å². The van der Waals surface area contributed by atoms with Gasteiger partial charge < -0.3 is 11.1 Å². The van der Waals surface area contributed by atoms with Crippen molar-refractivity contribution in [2.45, 2.75) is 26.3 Å². The molecule has 0 amide bonds. The van der Waals surface area contributed by atoms with E-state index in [0.717, 1.165) is 28.5 Å². The number of hydrogen-bond acceptors (Lipinski definition) is 5. The quantitative estimate of drug-likeness (QED) is 0.829. The number of nitrogens with two attached hydrogens (primary N) is 1. The van der Waals surface area contributed by atoms with E-state index in [1.165, 1.54) is 0 Å². The van der Waals surface area contributed by atoms with Crippen LogP contribution in [0.4, 0.5) is 5.82 Å². The van der Waals surface area contributed by atoms with E-state index in [0.29, 0.717) is 4.99 Å². The molecule has 2 rings (SSSR count). The summed E-state index contributed by atoms with van der Waals surface area (Å²) < 4.78 is 0. The van der Waals surface area contributed by atoms with E-state index in [-0.39, 0.29) is 6.04 Å². The van der Waals surface area contributed by atoms with Gasteiger partial charge in [-0.25, -0.2) is 9.97 Å². The smallest absolute Gasteiger partial charge is 0.137 e. The maximum atomic E-state index is 5.74. The summed E-state index contributed by atoms with van der Waals surface area (Å²) in [5.41, 5.74) is 7.44. The van der Waals surface area contributed by atoms with Crippen LogP contribution in [0.15, 0.2) is 23.7 Å². The highest BCUT2D eigenvalue weighted by atomic mass is 32.1. The van der Waals surface area contributed by atoms with Gasteiger partial charge in [0.2, 0.25) is 0 Å². The molecule has 0 spiro atoms. The number of nitrogens with zero attached hydrogens (tertiary/aromatic N) is 2. The molecule has 19 heavy (non-hydrogen) atoms. The Morgan fingerprint density at radius 2 is 2.32 bits per heavy atom. The van der Waals surface area contributed by atoms with Gasteiger partial charge in [0.1, 0.15) is 15.8 Å². The predicted octanol–water partition coefficient (Wildman–Crippen LogP) is 3.04. The SMILES string of the molecule is CCC(Nc1nc(C)ccc1C(N)=S)c1nccs1. The van der Waals surface area contributed by atoms with Gasteiger partial charge in [-0.15, -0.1) is 11.3 Å². The number of aromatic nitrogens is 2. The second-order valence-corrected chi connectivity index (χ2v) is 5.55. The average molecular weight is 292 g/mol. The van der Waals surface area contributed by atoms with Gasteiger partial charge in [-0.05, 0) is 25.5 Å². The monoisotopic (exact) mass is 292 g/mol. The van der Waals surface area contributed by atoms with Crippen molar-refractivity contribution in [2.24, 2.45) is 5.73 Å². The minimum absolute atomic E-state index is 0.127. The molecule has 0 aliphatic carbocycles. The summed E-state index contributed by atoms with van der Waals surface area (Å²) in [4.78, 5) is 9.19. The zero-order valence-corrected chi connectivity index (χ0v) is 12.5. The van der Waals surface area contributed by atoms with Crippen LogP contribution in [0.5, 0.6) is 0 Å². The molecule has 0 aliphatic heterocycles. The lowest BCUT2D eigenvalue weighted by Crippen LogP contribution is -2.17. The van der Waals surface area contributed by atoms with Crippen LogP contribution in [-0.4, -0.2) is 15.0 Å². The van der Waals surface area contributed by atoms with E-state index in [2.05, 4.69) is 22.2 Å². The number of thiocarbonyl (C=S) groups is 1. The molecule has 0 fully saturated rings. The van der Waals surface area contributed by atoms with Crippen molar-refractivity contribution in [3.63, 3.8) is 0 Å². The summed E-state index contributed by atoms with van der Waals surface area (Å²) in [7, 11) is 0. The molecular weight excluding hydrogens is 276 g/mol. The normalized spacial score (nSPS) is 12.1.